The van der Waals surface area contributed by atoms with Crippen LogP contribution in [0.2, 0.25) is 0 Å². The molecule has 0 spiro atoms. The number of ketones is 1. The van der Waals surface area contributed by atoms with E-state index in [0.717, 1.165) is 6.20 Å². The smallest absolute Gasteiger partial charge is 0.325 e. The molecule has 0 aliphatic heterocycles. The molecule has 0 amide bonds. The minimum absolute atomic E-state index is 0.0641. The van der Waals surface area contributed by atoms with Crippen molar-refractivity contribution >= 4 is 28.1 Å². The van der Waals surface area contributed by atoms with Crippen molar-refractivity contribution in [2.45, 2.75) is 30.8 Å². The van der Waals surface area contributed by atoms with E-state index < -0.39 is 57.6 Å². The Labute approximate surface area is 188 Å². The van der Waals surface area contributed by atoms with Gasteiger partial charge in [0.1, 0.15) is 18.2 Å². The van der Waals surface area contributed by atoms with Crippen molar-refractivity contribution < 1.29 is 18.0 Å². The van der Waals surface area contributed by atoms with E-state index in [1.54, 1.807) is 30.3 Å². The number of nitrogens with one attached hydrogen (secondary N) is 3. The minimum Gasteiger partial charge on any atom is -0.370 e. The van der Waals surface area contributed by atoms with Crippen molar-refractivity contribution in [3.8, 4) is 0 Å². The number of carbonyl (C=O) groups excluding carboxylic acids is 2. The van der Waals surface area contributed by atoms with Crippen LogP contribution in [0.15, 0.2) is 51.1 Å². The molecule has 0 fully saturated rings. The SMILES string of the molecule is NC(N)=NC(CC(C(=O)Cc1c[nH]c(=O)[nH]c1=O)[C@H](N)C=O)NS(=O)(=O)Cc1ccccc1. The summed E-state index contributed by atoms with van der Waals surface area (Å²) >= 11 is 0. The molecule has 0 bridgehead atoms. The zero-order chi connectivity index (χ0) is 24.6. The summed E-state index contributed by atoms with van der Waals surface area (Å²) in [4.78, 5) is 55.3. The number of aromatic amines is 2. The minimum atomic E-state index is -3.96. The number of benzene rings is 1. The van der Waals surface area contributed by atoms with E-state index in [1.807, 2.05) is 4.98 Å². The third-order valence-corrected chi connectivity index (χ3v) is 5.94. The second kappa shape index (κ2) is 11.3. The van der Waals surface area contributed by atoms with Crippen LogP contribution in [0, 0.1) is 5.92 Å². The zero-order valence-electron chi connectivity index (χ0n) is 17.4. The van der Waals surface area contributed by atoms with Crippen LogP contribution in [0.5, 0.6) is 0 Å². The molecular weight excluding hydrogens is 454 g/mol. The Balaban J connectivity index is 2.26. The van der Waals surface area contributed by atoms with Crippen molar-refractivity contribution in [3.63, 3.8) is 0 Å². The molecule has 33 heavy (non-hydrogen) atoms. The van der Waals surface area contributed by atoms with Gasteiger partial charge in [0.2, 0.25) is 10.0 Å². The van der Waals surface area contributed by atoms with E-state index in [4.69, 9.17) is 17.2 Å². The van der Waals surface area contributed by atoms with Gasteiger partial charge in [0.25, 0.3) is 5.56 Å². The second-order valence-electron chi connectivity index (χ2n) is 7.23. The van der Waals surface area contributed by atoms with Gasteiger partial charge in [-0.3, -0.25) is 14.6 Å². The average molecular weight is 480 g/mol. The van der Waals surface area contributed by atoms with Crippen LogP contribution in [0.1, 0.15) is 17.5 Å². The summed E-state index contributed by atoms with van der Waals surface area (Å²) < 4.78 is 27.6. The Hall–Kier alpha value is -3.62. The molecule has 2 aromatic rings. The molecule has 13 nitrogen and oxygen atoms in total. The molecule has 1 aromatic carbocycles. The summed E-state index contributed by atoms with van der Waals surface area (Å²) in [6.45, 7) is 0. The lowest BCUT2D eigenvalue weighted by molar-refractivity contribution is -0.125. The standard InChI is InChI=1S/C19H25N7O6S/c20-14(9-27)13(15(28)6-12-8-23-19(30)25-17(12)29)7-16(24-18(21)22)26-33(31,32)10-11-4-2-1-3-5-11/h1-5,8-9,13-14,16,26H,6-7,10,20H2,(H4,21,22,24)(H2,23,25,29,30)/t13?,14-,16?/m1/s1. The second-order valence-corrected chi connectivity index (χ2v) is 8.98. The van der Waals surface area contributed by atoms with Gasteiger partial charge in [-0.1, -0.05) is 30.3 Å². The lowest BCUT2D eigenvalue weighted by Gasteiger charge is -2.23. The number of aldehydes is 1. The van der Waals surface area contributed by atoms with E-state index in [-0.39, 0.29) is 17.7 Å². The molecule has 2 unspecified atom stereocenters. The van der Waals surface area contributed by atoms with E-state index in [2.05, 4.69) is 14.7 Å². The van der Waals surface area contributed by atoms with Crippen LogP contribution in [0.3, 0.4) is 0 Å². The quantitative estimate of drug-likeness (QED) is 0.106. The molecule has 0 radical (unpaired) electrons. The third kappa shape index (κ3) is 8.10. The molecule has 14 heteroatoms. The summed E-state index contributed by atoms with van der Waals surface area (Å²) in [6, 6.07) is 6.99. The average Bonchev–Trinajstić information content (AvgIpc) is 2.73. The maximum Gasteiger partial charge on any atom is 0.325 e. The largest absolute Gasteiger partial charge is 0.370 e. The van der Waals surface area contributed by atoms with Gasteiger partial charge in [-0.2, -0.15) is 4.72 Å². The Bertz CT molecular complexity index is 1220. The molecule has 2 rings (SSSR count). The van der Waals surface area contributed by atoms with E-state index in [9.17, 15) is 27.6 Å². The molecule has 1 heterocycles. The molecular formula is C19H25N7O6S. The number of aromatic nitrogens is 2. The van der Waals surface area contributed by atoms with E-state index in [0.29, 0.717) is 11.8 Å². The third-order valence-electron chi connectivity index (χ3n) is 4.59. The van der Waals surface area contributed by atoms with Gasteiger partial charge in [0.15, 0.2) is 5.96 Å². The normalized spacial score (nSPS) is 14.1. The molecule has 3 atom stereocenters. The topological polar surface area (TPSA) is 236 Å². The summed E-state index contributed by atoms with van der Waals surface area (Å²) in [7, 11) is -3.96. The zero-order valence-corrected chi connectivity index (χ0v) is 18.2. The van der Waals surface area contributed by atoms with Crippen LogP contribution in [0.25, 0.3) is 0 Å². The Morgan fingerprint density at radius 2 is 1.85 bits per heavy atom. The monoisotopic (exact) mass is 479 g/mol. The number of H-pyrrole nitrogens is 2. The van der Waals surface area contributed by atoms with Gasteiger partial charge >= 0.3 is 5.69 Å². The Kier molecular flexibility index (Phi) is 8.78. The fraction of sp³-hybridized carbons (Fsp3) is 0.316. The maximum absolute atomic E-state index is 12.9. The maximum atomic E-state index is 12.9. The van der Waals surface area contributed by atoms with Crippen molar-refractivity contribution in [1.82, 2.24) is 14.7 Å². The van der Waals surface area contributed by atoms with Crippen molar-refractivity contribution in [2.24, 2.45) is 28.1 Å². The van der Waals surface area contributed by atoms with Gasteiger partial charge in [0, 0.05) is 24.1 Å². The van der Waals surface area contributed by atoms with Crippen molar-refractivity contribution in [3.05, 3.63) is 68.5 Å². The van der Waals surface area contributed by atoms with Crippen LogP contribution >= 0.6 is 0 Å². The molecule has 0 aliphatic carbocycles. The molecule has 1 aromatic heterocycles. The first kappa shape index (κ1) is 25.6. The van der Waals surface area contributed by atoms with E-state index >= 15 is 0 Å². The number of nitrogens with zero attached hydrogens (tertiary/aromatic N) is 1. The summed E-state index contributed by atoms with van der Waals surface area (Å²) in [5, 5.41) is 0. The van der Waals surface area contributed by atoms with Gasteiger partial charge in [-0.15, -0.1) is 0 Å². The van der Waals surface area contributed by atoms with Gasteiger partial charge in [-0.05, 0) is 12.0 Å². The molecule has 9 N–H and O–H groups in total. The predicted octanol–water partition coefficient (Wildman–Crippen LogP) is -2.57. The van der Waals surface area contributed by atoms with Gasteiger partial charge in [0.05, 0.1) is 11.8 Å². The number of hydrogen-bond acceptors (Lipinski definition) is 8. The number of carbonyl (C=O) groups is 2. The highest BCUT2D eigenvalue weighted by Crippen LogP contribution is 2.16. The lowest BCUT2D eigenvalue weighted by Crippen LogP contribution is -2.45. The summed E-state index contributed by atoms with van der Waals surface area (Å²) in [6.07, 6.45) is -0.739. The number of hydrogen-bond donors (Lipinski definition) is 6. The number of rotatable bonds is 12. The molecule has 0 aliphatic rings. The van der Waals surface area contributed by atoms with Crippen LogP contribution in [-0.2, 0) is 31.8 Å². The van der Waals surface area contributed by atoms with Crippen LogP contribution in [0.4, 0.5) is 0 Å². The number of aliphatic imine (C=N–C) groups is 1. The first-order valence-corrected chi connectivity index (χ1v) is 11.3. The number of nitrogens with two attached hydrogens (primary N) is 3. The lowest BCUT2D eigenvalue weighted by atomic mass is 9.89. The number of Topliss-reactive ketones (excluding diaryl/α,β-unsaturated/α-hetero) is 1. The fourth-order valence-corrected chi connectivity index (χ4v) is 4.35. The molecule has 0 saturated heterocycles. The summed E-state index contributed by atoms with van der Waals surface area (Å²) in [5.74, 6) is -2.72. The fourth-order valence-electron chi connectivity index (χ4n) is 3.08. The first-order chi connectivity index (χ1) is 15.5. The van der Waals surface area contributed by atoms with Crippen LogP contribution < -0.4 is 33.2 Å². The van der Waals surface area contributed by atoms with E-state index in [1.165, 1.54) is 0 Å². The van der Waals surface area contributed by atoms with Crippen LogP contribution in [-0.4, -0.2) is 48.6 Å². The molecule has 178 valence electrons. The van der Waals surface area contributed by atoms with Gasteiger partial charge < -0.3 is 27.0 Å². The highest BCUT2D eigenvalue weighted by molar-refractivity contribution is 7.88. The number of guanidine groups is 1. The predicted molar refractivity (Wildman–Crippen MR) is 120 cm³/mol. The summed E-state index contributed by atoms with van der Waals surface area (Å²) in [5.41, 5.74) is 15.5. The molecule has 0 saturated carbocycles. The first-order valence-electron chi connectivity index (χ1n) is 9.68. The van der Waals surface area contributed by atoms with Crippen molar-refractivity contribution in [2.75, 3.05) is 0 Å². The number of sulfonamides is 1. The van der Waals surface area contributed by atoms with Gasteiger partial charge in [-0.25, -0.2) is 18.2 Å². The Morgan fingerprint density at radius 1 is 1.18 bits per heavy atom. The van der Waals surface area contributed by atoms with Crippen molar-refractivity contribution in [1.29, 1.82) is 0 Å². The highest BCUT2D eigenvalue weighted by Gasteiger charge is 2.31. The highest BCUT2D eigenvalue weighted by atomic mass is 32.2. The Morgan fingerprint density at radius 3 is 2.42 bits per heavy atom.